The van der Waals surface area contributed by atoms with Gasteiger partial charge in [0.15, 0.2) is 0 Å². The van der Waals surface area contributed by atoms with Crippen molar-refractivity contribution < 1.29 is 66.3 Å². The first-order chi connectivity index (χ1) is 2.73. The van der Waals surface area contributed by atoms with Crippen LogP contribution < -0.4 is 51.4 Å². The van der Waals surface area contributed by atoms with Crippen LogP contribution >= 0.6 is 0 Å². The summed E-state index contributed by atoms with van der Waals surface area (Å²) in [6, 6.07) is 0. The van der Waals surface area contributed by atoms with E-state index in [2.05, 4.69) is 0 Å². The molecule has 0 rings (SSSR count). The minimum atomic E-state index is -1.75. The molecule has 0 amide bonds. The van der Waals surface area contributed by atoms with Crippen molar-refractivity contribution >= 4 is 0 Å². The SMILES string of the molecule is O=[N+]([O-])[O-].OF.[K+]. The Bertz CT molecular complexity index is 34.7. The summed E-state index contributed by atoms with van der Waals surface area (Å²) in [6.07, 6.45) is 0. The van der Waals surface area contributed by atoms with E-state index in [9.17, 15) is 0 Å². The molecule has 38 valence electrons. The van der Waals surface area contributed by atoms with Crippen LogP contribution in [0.2, 0.25) is 0 Å². The molecule has 0 fully saturated rings. The Labute approximate surface area is 80.6 Å². The van der Waals surface area contributed by atoms with Gasteiger partial charge in [-0.2, -0.15) is 0 Å². The third-order valence-corrected chi connectivity index (χ3v) is 0. The van der Waals surface area contributed by atoms with Gasteiger partial charge in [0, 0.05) is 0 Å². The molecule has 0 atom stereocenters. The number of halogens is 1. The van der Waals surface area contributed by atoms with Crippen molar-refractivity contribution in [3.8, 4) is 0 Å². The Hall–Kier alpha value is 0.726. The van der Waals surface area contributed by atoms with E-state index in [0.717, 1.165) is 0 Å². The van der Waals surface area contributed by atoms with Crippen LogP contribution in [0.5, 0.6) is 0 Å². The predicted molar refractivity (Wildman–Crippen MR) is 13.7 cm³/mol. The summed E-state index contributed by atoms with van der Waals surface area (Å²) in [5.41, 5.74) is 0. The summed E-state index contributed by atoms with van der Waals surface area (Å²) < 4.78 is 8.50. The van der Waals surface area contributed by atoms with Crippen molar-refractivity contribution in [3.05, 3.63) is 15.3 Å². The maximum absolute atomic E-state index is 8.50. The van der Waals surface area contributed by atoms with Gasteiger partial charge in [-0.05, 0) is 0 Å². The molecule has 0 bridgehead atoms. The molecule has 0 unspecified atom stereocenters. The van der Waals surface area contributed by atoms with E-state index in [-0.39, 0.29) is 51.4 Å². The molecule has 0 aromatic rings. The van der Waals surface area contributed by atoms with Crippen molar-refractivity contribution in [2.24, 2.45) is 0 Å². The molecular formula is HFKNO4. The minimum Gasteiger partial charge on any atom is -0.356 e. The predicted octanol–water partition coefficient (Wildman–Crippen LogP) is -3.37. The van der Waals surface area contributed by atoms with Gasteiger partial charge in [0.05, 0.1) is 5.09 Å². The van der Waals surface area contributed by atoms with Crippen LogP contribution in [0.15, 0.2) is 0 Å². The first kappa shape index (κ1) is 15.6. The largest absolute Gasteiger partial charge is 1.00 e. The summed E-state index contributed by atoms with van der Waals surface area (Å²) in [5.74, 6) is 0. The summed E-state index contributed by atoms with van der Waals surface area (Å²) in [4.78, 5) is 8.25. The van der Waals surface area contributed by atoms with Crippen LogP contribution in [0.4, 0.5) is 4.53 Å². The molecule has 0 aliphatic rings. The molecule has 0 heterocycles. The second-order valence-corrected chi connectivity index (χ2v) is 0.224. The number of nitrogens with zero attached hydrogens (tertiary/aromatic N) is 1. The van der Waals surface area contributed by atoms with E-state index in [4.69, 9.17) is 25.2 Å². The molecule has 5 nitrogen and oxygen atoms in total. The molecule has 7 heavy (non-hydrogen) atoms. The number of hydrogen-bond donors (Lipinski definition) is 1. The van der Waals surface area contributed by atoms with E-state index in [0.29, 0.717) is 0 Å². The van der Waals surface area contributed by atoms with Crippen LogP contribution in [0.1, 0.15) is 0 Å². The summed E-state index contributed by atoms with van der Waals surface area (Å²) in [7, 11) is 0. The average Bonchev–Trinajstić information content (AvgIpc) is 1.41. The fraction of sp³-hybridized carbons (Fsp3) is 0. The van der Waals surface area contributed by atoms with Crippen molar-refractivity contribution in [1.82, 2.24) is 0 Å². The van der Waals surface area contributed by atoms with Crippen LogP contribution in [0.3, 0.4) is 0 Å². The molecule has 0 aliphatic carbocycles. The maximum atomic E-state index is 8.50. The van der Waals surface area contributed by atoms with E-state index < -0.39 is 5.09 Å². The monoisotopic (exact) mass is 137 g/mol. The summed E-state index contributed by atoms with van der Waals surface area (Å²) in [6.45, 7) is 0. The van der Waals surface area contributed by atoms with Crippen LogP contribution in [-0.2, 0) is 0 Å². The second kappa shape index (κ2) is 15.9. The molecule has 0 saturated heterocycles. The Balaban J connectivity index is -0.0000000480. The molecule has 1 N–H and O–H groups in total. The molecule has 0 radical (unpaired) electrons. The zero-order chi connectivity index (χ0) is 5.58. The van der Waals surface area contributed by atoms with Crippen molar-refractivity contribution in [2.75, 3.05) is 0 Å². The molecule has 7 heteroatoms. The standard InChI is InChI=1S/FHO.K.NO3/c1-2;;2-1(3)4/h2H;;/q;+1;-1. The van der Waals surface area contributed by atoms with Crippen molar-refractivity contribution in [1.29, 1.82) is 0 Å². The summed E-state index contributed by atoms with van der Waals surface area (Å²) >= 11 is 0. The van der Waals surface area contributed by atoms with E-state index in [1.807, 2.05) is 0 Å². The van der Waals surface area contributed by atoms with Gasteiger partial charge in [0.1, 0.15) is 0 Å². The quantitative estimate of drug-likeness (QED) is 0.214. The number of hydrogen-bond acceptors (Lipinski definition) is 4. The Kier molecular flexibility index (Phi) is 35.5. The Morgan fingerprint density at radius 2 is 1.43 bits per heavy atom. The van der Waals surface area contributed by atoms with Crippen LogP contribution in [0.25, 0.3) is 0 Å². The van der Waals surface area contributed by atoms with Crippen molar-refractivity contribution in [3.63, 3.8) is 0 Å². The van der Waals surface area contributed by atoms with Gasteiger partial charge in [0.2, 0.25) is 0 Å². The zero-order valence-corrected chi connectivity index (χ0v) is 6.62. The van der Waals surface area contributed by atoms with Gasteiger partial charge in [0.25, 0.3) is 0 Å². The Morgan fingerprint density at radius 1 is 1.43 bits per heavy atom. The first-order valence-corrected chi connectivity index (χ1v) is 0.717. The number of rotatable bonds is 0. The fourth-order valence-corrected chi connectivity index (χ4v) is 0. The molecule has 0 aromatic heterocycles. The normalized spacial score (nSPS) is 4.29. The van der Waals surface area contributed by atoms with Gasteiger partial charge in [-0.3, -0.25) is 0 Å². The molecule has 0 aliphatic heterocycles. The fourth-order valence-electron chi connectivity index (χ4n) is 0. The third kappa shape index (κ3) is 285. The second-order valence-electron chi connectivity index (χ2n) is 0.224. The Morgan fingerprint density at radius 3 is 1.43 bits per heavy atom. The summed E-state index contributed by atoms with van der Waals surface area (Å²) in [5, 5.41) is 20.2. The van der Waals surface area contributed by atoms with E-state index >= 15 is 0 Å². The zero-order valence-electron chi connectivity index (χ0n) is 3.50. The first-order valence-electron chi connectivity index (χ1n) is 0.717. The molecule has 0 saturated carbocycles. The van der Waals surface area contributed by atoms with Crippen LogP contribution in [-0.4, -0.2) is 10.4 Å². The van der Waals surface area contributed by atoms with Gasteiger partial charge in [-0.25, -0.2) is 5.31 Å². The van der Waals surface area contributed by atoms with Gasteiger partial charge in [-0.1, -0.05) is 4.53 Å². The molecule has 0 aromatic carbocycles. The van der Waals surface area contributed by atoms with Gasteiger partial charge in [-0.15, -0.1) is 0 Å². The molecular weight excluding hydrogens is 136 g/mol. The topological polar surface area (TPSA) is 86.4 Å². The van der Waals surface area contributed by atoms with Crippen molar-refractivity contribution in [2.45, 2.75) is 0 Å². The molecule has 0 spiro atoms. The average molecular weight is 137 g/mol. The van der Waals surface area contributed by atoms with Gasteiger partial charge >= 0.3 is 51.4 Å². The smallest absolute Gasteiger partial charge is 0.356 e. The van der Waals surface area contributed by atoms with E-state index in [1.165, 1.54) is 0 Å². The van der Waals surface area contributed by atoms with Crippen LogP contribution in [0, 0.1) is 15.3 Å². The maximum Gasteiger partial charge on any atom is 1.00 e. The van der Waals surface area contributed by atoms with Gasteiger partial charge < -0.3 is 15.3 Å². The third-order valence-electron chi connectivity index (χ3n) is 0. The minimum absolute atomic E-state index is 0. The van der Waals surface area contributed by atoms with E-state index in [1.54, 1.807) is 0 Å².